The van der Waals surface area contributed by atoms with Gasteiger partial charge in [-0.05, 0) is 24.5 Å². The highest BCUT2D eigenvalue weighted by Gasteiger charge is 2.62. The van der Waals surface area contributed by atoms with E-state index in [0.717, 1.165) is 0 Å². The van der Waals surface area contributed by atoms with Crippen LogP contribution >= 0.6 is 0 Å². The van der Waals surface area contributed by atoms with Crippen LogP contribution in [0.15, 0.2) is 30.8 Å². The second kappa shape index (κ2) is 5.89. The van der Waals surface area contributed by atoms with Gasteiger partial charge in [-0.1, -0.05) is 36.4 Å². The number of alkyl halides is 6. The molecule has 0 N–H and O–H groups in total. The molecule has 0 aromatic heterocycles. The van der Waals surface area contributed by atoms with Gasteiger partial charge in [-0.2, -0.15) is 17.6 Å². The van der Waals surface area contributed by atoms with E-state index in [2.05, 4.69) is 6.58 Å². The molecule has 0 aliphatic heterocycles. The van der Waals surface area contributed by atoms with Crippen molar-refractivity contribution in [3.63, 3.8) is 0 Å². The lowest BCUT2D eigenvalue weighted by Gasteiger charge is -2.25. The van der Waals surface area contributed by atoms with E-state index in [4.69, 9.17) is 0 Å². The van der Waals surface area contributed by atoms with E-state index in [9.17, 15) is 26.3 Å². The summed E-state index contributed by atoms with van der Waals surface area (Å²) in [5.41, 5.74) is 1.75. The molecule has 0 fully saturated rings. The van der Waals surface area contributed by atoms with Crippen LogP contribution < -0.4 is 0 Å². The van der Waals surface area contributed by atoms with Gasteiger partial charge in [-0.3, -0.25) is 0 Å². The van der Waals surface area contributed by atoms with Gasteiger partial charge in [0.05, 0.1) is 0 Å². The molecular formula is C14H14F6. The summed E-state index contributed by atoms with van der Waals surface area (Å²) in [6, 6.07) is 6.27. The minimum Gasteiger partial charge on any atom is -0.203 e. The standard InChI is InChI=1S/C14H14F6/c1-9(2)11-5-3-4-10(8-11)6-7-13(17,18)14(19,20)12(15)16/h3-5,8,12H,1,6-7H2,2H3. The molecule has 0 amide bonds. The summed E-state index contributed by atoms with van der Waals surface area (Å²) in [5, 5.41) is 0. The van der Waals surface area contributed by atoms with Gasteiger partial charge in [0.25, 0.3) is 0 Å². The van der Waals surface area contributed by atoms with Crippen LogP contribution in [-0.2, 0) is 6.42 Å². The monoisotopic (exact) mass is 296 g/mol. The summed E-state index contributed by atoms with van der Waals surface area (Å²) in [5.74, 6) is -10.1. The largest absolute Gasteiger partial charge is 0.369 e. The van der Waals surface area contributed by atoms with Crippen LogP contribution in [0.3, 0.4) is 0 Å². The smallest absolute Gasteiger partial charge is 0.203 e. The zero-order chi connectivity index (χ0) is 15.6. The lowest BCUT2D eigenvalue weighted by Crippen LogP contribution is -2.46. The average molecular weight is 296 g/mol. The summed E-state index contributed by atoms with van der Waals surface area (Å²) >= 11 is 0. The molecule has 1 rings (SSSR count). The lowest BCUT2D eigenvalue weighted by molar-refractivity contribution is -0.265. The van der Waals surface area contributed by atoms with E-state index in [1.807, 2.05) is 0 Å². The Morgan fingerprint density at radius 2 is 1.80 bits per heavy atom. The number of benzene rings is 1. The number of hydrogen-bond acceptors (Lipinski definition) is 0. The predicted octanol–water partition coefficient (Wildman–Crippen LogP) is 5.19. The van der Waals surface area contributed by atoms with Gasteiger partial charge in [0, 0.05) is 6.42 Å². The Kier molecular flexibility index (Phi) is 4.89. The molecule has 0 nitrogen and oxygen atoms in total. The van der Waals surface area contributed by atoms with Crippen molar-refractivity contribution in [2.24, 2.45) is 0 Å². The van der Waals surface area contributed by atoms with Crippen molar-refractivity contribution >= 4 is 5.57 Å². The molecule has 0 saturated heterocycles. The minimum atomic E-state index is -5.32. The van der Waals surface area contributed by atoms with Crippen LogP contribution in [0.1, 0.15) is 24.5 Å². The number of allylic oxidation sites excluding steroid dienone is 1. The molecule has 0 bridgehead atoms. The Labute approximate surface area is 113 Å². The fourth-order valence-electron chi connectivity index (χ4n) is 1.62. The van der Waals surface area contributed by atoms with Gasteiger partial charge in [-0.25, -0.2) is 8.78 Å². The van der Waals surface area contributed by atoms with Crippen molar-refractivity contribution in [2.45, 2.75) is 38.0 Å². The summed E-state index contributed by atoms with van der Waals surface area (Å²) < 4.78 is 75.7. The highest BCUT2D eigenvalue weighted by molar-refractivity contribution is 5.61. The molecular weight excluding hydrogens is 282 g/mol. The first kappa shape index (κ1) is 16.6. The van der Waals surface area contributed by atoms with Crippen LogP contribution in [-0.4, -0.2) is 18.3 Å². The third-order valence-corrected chi connectivity index (χ3v) is 2.91. The molecule has 1 aromatic rings. The van der Waals surface area contributed by atoms with Crippen molar-refractivity contribution in [1.82, 2.24) is 0 Å². The molecule has 0 unspecified atom stereocenters. The van der Waals surface area contributed by atoms with Crippen molar-refractivity contribution < 1.29 is 26.3 Å². The number of halogens is 6. The van der Waals surface area contributed by atoms with Crippen molar-refractivity contribution in [1.29, 1.82) is 0 Å². The summed E-state index contributed by atoms with van der Waals surface area (Å²) in [6.45, 7) is 5.38. The Morgan fingerprint density at radius 3 is 2.30 bits per heavy atom. The van der Waals surface area contributed by atoms with Gasteiger partial charge in [0.2, 0.25) is 0 Å². The Morgan fingerprint density at radius 1 is 1.20 bits per heavy atom. The summed E-state index contributed by atoms with van der Waals surface area (Å²) in [4.78, 5) is 0. The van der Waals surface area contributed by atoms with Crippen molar-refractivity contribution in [3.05, 3.63) is 42.0 Å². The third kappa shape index (κ3) is 3.55. The fourth-order valence-corrected chi connectivity index (χ4v) is 1.62. The van der Waals surface area contributed by atoms with Crippen LogP contribution in [0, 0.1) is 0 Å². The topological polar surface area (TPSA) is 0 Å². The normalized spacial score (nSPS) is 12.8. The van der Waals surface area contributed by atoms with E-state index in [1.165, 1.54) is 12.1 Å². The van der Waals surface area contributed by atoms with E-state index in [-0.39, 0.29) is 0 Å². The Bertz CT molecular complexity index is 478. The van der Waals surface area contributed by atoms with E-state index in [1.54, 1.807) is 19.1 Å². The van der Waals surface area contributed by atoms with Crippen LogP contribution in [0.2, 0.25) is 0 Å². The maximum absolute atomic E-state index is 13.1. The van der Waals surface area contributed by atoms with E-state index >= 15 is 0 Å². The molecule has 0 atom stereocenters. The number of aryl methyl sites for hydroxylation is 1. The first-order valence-corrected chi connectivity index (χ1v) is 5.86. The summed E-state index contributed by atoms with van der Waals surface area (Å²) in [7, 11) is 0. The molecule has 0 spiro atoms. The summed E-state index contributed by atoms with van der Waals surface area (Å²) in [6.07, 6.45) is -6.15. The SMILES string of the molecule is C=C(C)c1cccc(CCC(F)(F)C(F)(F)C(F)F)c1. The molecule has 0 aliphatic carbocycles. The molecule has 112 valence electrons. The predicted molar refractivity (Wildman–Crippen MR) is 65.4 cm³/mol. The second-order valence-electron chi connectivity index (χ2n) is 4.61. The Balaban J connectivity index is 2.81. The molecule has 0 aliphatic rings. The van der Waals surface area contributed by atoms with E-state index < -0.39 is 31.1 Å². The first-order chi connectivity index (χ1) is 9.08. The Hall–Kier alpha value is -1.46. The van der Waals surface area contributed by atoms with Gasteiger partial charge in [0.1, 0.15) is 0 Å². The first-order valence-electron chi connectivity index (χ1n) is 5.86. The molecule has 0 heterocycles. The second-order valence-corrected chi connectivity index (χ2v) is 4.61. The molecule has 0 radical (unpaired) electrons. The van der Waals surface area contributed by atoms with Crippen molar-refractivity contribution in [3.8, 4) is 0 Å². The van der Waals surface area contributed by atoms with Gasteiger partial charge in [0.15, 0.2) is 0 Å². The van der Waals surface area contributed by atoms with Gasteiger partial charge >= 0.3 is 18.3 Å². The maximum Gasteiger partial charge on any atom is 0.369 e. The zero-order valence-corrected chi connectivity index (χ0v) is 10.8. The highest BCUT2D eigenvalue weighted by atomic mass is 19.3. The maximum atomic E-state index is 13.1. The van der Waals surface area contributed by atoms with Gasteiger partial charge < -0.3 is 0 Å². The van der Waals surface area contributed by atoms with Crippen LogP contribution in [0.4, 0.5) is 26.3 Å². The lowest BCUT2D eigenvalue weighted by atomic mass is 9.99. The quantitative estimate of drug-likeness (QED) is 0.634. The molecule has 0 saturated carbocycles. The van der Waals surface area contributed by atoms with Crippen LogP contribution in [0.25, 0.3) is 5.57 Å². The fraction of sp³-hybridized carbons (Fsp3) is 0.429. The zero-order valence-electron chi connectivity index (χ0n) is 10.8. The number of rotatable bonds is 6. The third-order valence-electron chi connectivity index (χ3n) is 2.91. The van der Waals surface area contributed by atoms with Crippen molar-refractivity contribution in [2.75, 3.05) is 0 Å². The van der Waals surface area contributed by atoms with Crippen LogP contribution in [0.5, 0.6) is 0 Å². The van der Waals surface area contributed by atoms with Gasteiger partial charge in [-0.15, -0.1) is 0 Å². The average Bonchev–Trinajstić information content (AvgIpc) is 2.36. The molecule has 20 heavy (non-hydrogen) atoms. The molecule has 1 aromatic carbocycles. The highest BCUT2D eigenvalue weighted by Crippen LogP contribution is 2.42. The van der Waals surface area contributed by atoms with E-state index in [0.29, 0.717) is 16.7 Å². The minimum absolute atomic E-state index is 0.371. The molecule has 6 heteroatoms. The number of hydrogen-bond donors (Lipinski definition) is 0.